The molecular weight excluding hydrogens is 387 g/mol. The third-order valence-corrected chi connectivity index (χ3v) is 4.41. The monoisotopic (exact) mass is 405 g/mol. The van der Waals surface area contributed by atoms with E-state index in [2.05, 4.69) is 10.3 Å². The number of hydrogen-bond donors (Lipinski definition) is 2. The molecule has 29 heavy (non-hydrogen) atoms. The molecule has 0 spiro atoms. The lowest BCUT2D eigenvalue weighted by Gasteiger charge is -2.13. The van der Waals surface area contributed by atoms with Crippen molar-refractivity contribution in [1.29, 1.82) is 0 Å². The lowest BCUT2D eigenvalue weighted by molar-refractivity contribution is -0.138. The van der Waals surface area contributed by atoms with Crippen LogP contribution in [-0.4, -0.2) is 20.6 Å². The normalized spacial score (nSPS) is 11.6. The molecule has 3 aromatic rings. The summed E-state index contributed by atoms with van der Waals surface area (Å²) < 4.78 is 39.9. The molecule has 0 aliphatic rings. The van der Waals surface area contributed by atoms with Gasteiger partial charge in [-0.3, -0.25) is 9.59 Å². The number of fused-ring (bicyclic) bond motifs is 1. The Labute approximate surface area is 163 Å². The standard InChI is InChI=1S/C20H18F3N3O3/c1-12-19(29)26(8-7-18(27)28)17-10-15(5-6-16(17)25-12)24-11-13-3-2-4-14(9-13)20(21,22)23/h2-6,9-10,24H,7-8,11H2,1H3,(H,27,28). The second kappa shape index (κ2) is 7.94. The molecule has 0 atom stereocenters. The summed E-state index contributed by atoms with van der Waals surface area (Å²) in [5, 5.41) is 12.0. The lowest BCUT2D eigenvalue weighted by atomic mass is 10.1. The number of alkyl halides is 3. The molecule has 0 bridgehead atoms. The van der Waals surface area contributed by atoms with E-state index in [9.17, 15) is 22.8 Å². The number of benzene rings is 2. The number of halogens is 3. The van der Waals surface area contributed by atoms with Gasteiger partial charge in [0.2, 0.25) is 0 Å². The van der Waals surface area contributed by atoms with Crippen molar-refractivity contribution >= 4 is 22.7 Å². The minimum absolute atomic E-state index is 0.00882. The average molecular weight is 405 g/mol. The van der Waals surface area contributed by atoms with Gasteiger partial charge in [-0.25, -0.2) is 4.98 Å². The Hall–Kier alpha value is -3.36. The van der Waals surface area contributed by atoms with Gasteiger partial charge in [-0.05, 0) is 42.8 Å². The number of carbonyl (C=O) groups is 1. The second-order valence-electron chi connectivity index (χ2n) is 6.55. The molecule has 0 amide bonds. The van der Waals surface area contributed by atoms with E-state index in [0.29, 0.717) is 22.3 Å². The molecule has 2 N–H and O–H groups in total. The quantitative estimate of drug-likeness (QED) is 0.652. The fraction of sp³-hybridized carbons (Fsp3) is 0.250. The third-order valence-electron chi connectivity index (χ3n) is 4.41. The first-order valence-electron chi connectivity index (χ1n) is 8.78. The maximum absolute atomic E-state index is 12.8. The molecule has 152 valence electrons. The predicted molar refractivity (Wildman–Crippen MR) is 102 cm³/mol. The number of carboxylic acids is 1. The molecule has 0 saturated carbocycles. The Kier molecular flexibility index (Phi) is 5.58. The number of hydrogen-bond acceptors (Lipinski definition) is 4. The fourth-order valence-corrected chi connectivity index (χ4v) is 2.97. The smallest absolute Gasteiger partial charge is 0.416 e. The Morgan fingerprint density at radius 3 is 2.66 bits per heavy atom. The van der Waals surface area contributed by atoms with Crippen LogP contribution in [0.2, 0.25) is 0 Å². The van der Waals surface area contributed by atoms with Gasteiger partial charge in [0.15, 0.2) is 0 Å². The van der Waals surface area contributed by atoms with Gasteiger partial charge in [0, 0.05) is 18.8 Å². The van der Waals surface area contributed by atoms with E-state index >= 15 is 0 Å². The van der Waals surface area contributed by atoms with Crippen LogP contribution < -0.4 is 10.9 Å². The fourth-order valence-electron chi connectivity index (χ4n) is 2.97. The maximum Gasteiger partial charge on any atom is 0.416 e. The first-order chi connectivity index (χ1) is 13.6. The number of nitrogens with zero attached hydrogens (tertiary/aromatic N) is 2. The number of aromatic nitrogens is 2. The molecule has 0 fully saturated rings. The van der Waals surface area contributed by atoms with E-state index in [4.69, 9.17) is 5.11 Å². The first kappa shape index (κ1) is 20.4. The minimum atomic E-state index is -4.41. The molecular formula is C20H18F3N3O3. The van der Waals surface area contributed by atoms with E-state index in [1.807, 2.05) is 0 Å². The largest absolute Gasteiger partial charge is 0.481 e. The van der Waals surface area contributed by atoms with Crippen molar-refractivity contribution in [2.75, 3.05) is 5.32 Å². The van der Waals surface area contributed by atoms with Crippen LogP contribution >= 0.6 is 0 Å². The Balaban J connectivity index is 1.89. The molecule has 0 radical (unpaired) electrons. The molecule has 1 aromatic heterocycles. The van der Waals surface area contributed by atoms with Crippen LogP contribution in [0, 0.1) is 6.92 Å². The summed E-state index contributed by atoms with van der Waals surface area (Å²) in [7, 11) is 0. The first-order valence-corrected chi connectivity index (χ1v) is 8.78. The summed E-state index contributed by atoms with van der Waals surface area (Å²) in [4.78, 5) is 27.5. The summed E-state index contributed by atoms with van der Waals surface area (Å²) in [6.45, 7) is 1.69. The zero-order chi connectivity index (χ0) is 21.2. The van der Waals surface area contributed by atoms with Gasteiger partial charge in [0.1, 0.15) is 5.69 Å². The van der Waals surface area contributed by atoms with Gasteiger partial charge in [-0.15, -0.1) is 0 Å². The van der Waals surface area contributed by atoms with Gasteiger partial charge in [-0.1, -0.05) is 12.1 Å². The third kappa shape index (κ3) is 4.74. The lowest BCUT2D eigenvalue weighted by Crippen LogP contribution is -2.25. The van der Waals surface area contributed by atoms with Crippen molar-refractivity contribution < 1.29 is 23.1 Å². The van der Waals surface area contributed by atoms with Crippen LogP contribution in [0.4, 0.5) is 18.9 Å². The Bertz CT molecular complexity index is 1120. The average Bonchev–Trinajstić information content (AvgIpc) is 2.66. The highest BCUT2D eigenvalue weighted by molar-refractivity contribution is 5.79. The van der Waals surface area contributed by atoms with E-state index in [-0.39, 0.29) is 30.8 Å². The van der Waals surface area contributed by atoms with Crippen molar-refractivity contribution in [2.24, 2.45) is 0 Å². The van der Waals surface area contributed by atoms with Gasteiger partial charge >= 0.3 is 12.1 Å². The van der Waals surface area contributed by atoms with Gasteiger partial charge in [-0.2, -0.15) is 13.2 Å². The van der Waals surface area contributed by atoms with Crippen molar-refractivity contribution in [1.82, 2.24) is 9.55 Å². The summed E-state index contributed by atoms with van der Waals surface area (Å²) in [5.74, 6) is -1.03. The number of carboxylic acid groups (broad SMARTS) is 1. The van der Waals surface area contributed by atoms with Gasteiger partial charge in [0.25, 0.3) is 5.56 Å². The van der Waals surface area contributed by atoms with E-state index in [1.54, 1.807) is 31.2 Å². The molecule has 0 aliphatic heterocycles. The van der Waals surface area contributed by atoms with E-state index in [0.717, 1.165) is 12.1 Å². The number of nitrogens with one attached hydrogen (secondary N) is 1. The molecule has 1 heterocycles. The predicted octanol–water partition coefficient (Wildman–Crippen LogP) is 3.81. The second-order valence-corrected chi connectivity index (χ2v) is 6.55. The number of aryl methyl sites for hydroxylation is 2. The van der Waals surface area contributed by atoms with Crippen LogP contribution in [-0.2, 0) is 24.1 Å². The Morgan fingerprint density at radius 1 is 1.21 bits per heavy atom. The van der Waals surface area contributed by atoms with Gasteiger partial charge in [0.05, 0.1) is 23.0 Å². The van der Waals surface area contributed by atoms with Crippen molar-refractivity contribution in [2.45, 2.75) is 32.6 Å². The molecule has 3 rings (SSSR count). The number of anilines is 1. The van der Waals surface area contributed by atoms with Crippen LogP contribution in [0.5, 0.6) is 0 Å². The molecule has 0 aliphatic carbocycles. The number of aliphatic carboxylic acids is 1. The maximum atomic E-state index is 12.8. The van der Waals surface area contributed by atoms with E-state index in [1.165, 1.54) is 10.6 Å². The van der Waals surface area contributed by atoms with Crippen molar-refractivity contribution in [3.8, 4) is 0 Å². The van der Waals surface area contributed by atoms with Crippen LogP contribution in [0.1, 0.15) is 23.2 Å². The minimum Gasteiger partial charge on any atom is -0.481 e. The van der Waals surface area contributed by atoms with E-state index < -0.39 is 17.7 Å². The highest BCUT2D eigenvalue weighted by atomic mass is 19.4. The topological polar surface area (TPSA) is 84.2 Å². The summed E-state index contributed by atoms with van der Waals surface area (Å²) in [6.07, 6.45) is -4.64. The van der Waals surface area contributed by atoms with Gasteiger partial charge < -0.3 is 15.0 Å². The summed E-state index contributed by atoms with van der Waals surface area (Å²) >= 11 is 0. The highest BCUT2D eigenvalue weighted by Gasteiger charge is 2.30. The van der Waals surface area contributed by atoms with Crippen molar-refractivity contribution in [3.63, 3.8) is 0 Å². The Morgan fingerprint density at radius 2 is 1.97 bits per heavy atom. The van der Waals surface area contributed by atoms with Crippen molar-refractivity contribution in [3.05, 3.63) is 69.6 Å². The summed E-state index contributed by atoms with van der Waals surface area (Å²) in [5.41, 5.74) is 1.15. The SMILES string of the molecule is Cc1nc2ccc(NCc3cccc(C(F)(F)F)c3)cc2n(CCC(=O)O)c1=O. The molecule has 0 saturated heterocycles. The zero-order valence-electron chi connectivity index (χ0n) is 15.5. The molecule has 9 heteroatoms. The molecule has 2 aromatic carbocycles. The van der Waals surface area contributed by atoms with Crippen LogP contribution in [0.3, 0.4) is 0 Å². The highest BCUT2D eigenvalue weighted by Crippen LogP contribution is 2.29. The number of rotatable bonds is 6. The summed E-state index contributed by atoms with van der Waals surface area (Å²) in [6, 6.07) is 10.0. The van der Waals surface area contributed by atoms with Crippen LogP contribution in [0.25, 0.3) is 11.0 Å². The van der Waals surface area contributed by atoms with Crippen LogP contribution in [0.15, 0.2) is 47.3 Å². The molecule has 0 unspecified atom stereocenters. The zero-order valence-corrected chi connectivity index (χ0v) is 15.5. The molecule has 6 nitrogen and oxygen atoms in total.